The van der Waals surface area contributed by atoms with E-state index in [0.717, 1.165) is 30.1 Å². The van der Waals surface area contributed by atoms with Crippen LogP contribution in [0.4, 0.5) is 0 Å². The average molecular weight is 265 g/mol. The molecule has 1 aliphatic carbocycles. The first-order valence-corrected chi connectivity index (χ1v) is 8.38. The fraction of sp³-hybridized carbons (Fsp3) is 1.00. The fourth-order valence-electron chi connectivity index (χ4n) is 3.98. The fourth-order valence-corrected chi connectivity index (χ4v) is 3.98. The second-order valence-corrected chi connectivity index (χ2v) is 7.33. The van der Waals surface area contributed by atoms with Gasteiger partial charge < -0.3 is 5.32 Å². The van der Waals surface area contributed by atoms with Gasteiger partial charge in [-0.2, -0.15) is 0 Å². The molecule has 3 aliphatic rings. The highest BCUT2D eigenvalue weighted by atomic mass is 15.3. The summed E-state index contributed by atoms with van der Waals surface area (Å²) >= 11 is 0. The van der Waals surface area contributed by atoms with Crippen LogP contribution in [-0.4, -0.2) is 60.1 Å². The van der Waals surface area contributed by atoms with Gasteiger partial charge in [0.1, 0.15) is 0 Å². The SMILES string of the molecule is CC(C)C(CNC1CC1)N1CC2CCCN2CC1C. The van der Waals surface area contributed by atoms with E-state index in [4.69, 9.17) is 0 Å². The lowest BCUT2D eigenvalue weighted by molar-refractivity contribution is 0.0132. The maximum atomic E-state index is 3.76. The van der Waals surface area contributed by atoms with Crippen LogP contribution >= 0.6 is 0 Å². The van der Waals surface area contributed by atoms with Crippen LogP contribution < -0.4 is 5.32 Å². The van der Waals surface area contributed by atoms with E-state index in [1.54, 1.807) is 0 Å². The summed E-state index contributed by atoms with van der Waals surface area (Å²) in [5, 5.41) is 3.76. The minimum Gasteiger partial charge on any atom is -0.312 e. The number of piperazine rings is 1. The Morgan fingerprint density at radius 2 is 1.95 bits per heavy atom. The zero-order chi connectivity index (χ0) is 13.4. The molecule has 19 heavy (non-hydrogen) atoms. The predicted octanol–water partition coefficient (Wildman–Crippen LogP) is 1.93. The van der Waals surface area contributed by atoms with Crippen molar-refractivity contribution in [3.8, 4) is 0 Å². The van der Waals surface area contributed by atoms with Crippen LogP contribution in [0.15, 0.2) is 0 Å². The lowest BCUT2D eigenvalue weighted by Crippen LogP contribution is -2.61. The van der Waals surface area contributed by atoms with Gasteiger partial charge in [0.2, 0.25) is 0 Å². The van der Waals surface area contributed by atoms with E-state index in [9.17, 15) is 0 Å². The van der Waals surface area contributed by atoms with Crippen molar-refractivity contribution in [3.63, 3.8) is 0 Å². The third-order valence-electron chi connectivity index (χ3n) is 5.37. The summed E-state index contributed by atoms with van der Waals surface area (Å²) in [4.78, 5) is 5.54. The van der Waals surface area contributed by atoms with Crippen LogP contribution in [0.5, 0.6) is 0 Å². The van der Waals surface area contributed by atoms with E-state index in [1.165, 1.54) is 51.9 Å². The summed E-state index contributed by atoms with van der Waals surface area (Å²) in [5.74, 6) is 0.752. The predicted molar refractivity (Wildman–Crippen MR) is 80.4 cm³/mol. The molecule has 0 aromatic heterocycles. The van der Waals surface area contributed by atoms with Crippen molar-refractivity contribution in [3.05, 3.63) is 0 Å². The highest BCUT2D eigenvalue weighted by molar-refractivity contribution is 4.95. The van der Waals surface area contributed by atoms with Crippen LogP contribution in [0.3, 0.4) is 0 Å². The molecule has 0 aromatic rings. The number of nitrogens with one attached hydrogen (secondary N) is 1. The third kappa shape index (κ3) is 3.14. The van der Waals surface area contributed by atoms with Gasteiger partial charge in [-0.25, -0.2) is 0 Å². The molecule has 0 amide bonds. The standard InChI is InChI=1S/C16H31N3/c1-12(2)16(9-17-14-6-7-14)19-11-15-5-4-8-18(15)10-13(19)3/h12-17H,4-11H2,1-3H3. The van der Waals surface area contributed by atoms with Crippen LogP contribution in [0, 0.1) is 5.92 Å². The molecule has 3 unspecified atom stereocenters. The highest BCUT2D eigenvalue weighted by Crippen LogP contribution is 2.28. The van der Waals surface area contributed by atoms with E-state index in [0.29, 0.717) is 0 Å². The van der Waals surface area contributed by atoms with E-state index in [2.05, 4.69) is 35.9 Å². The topological polar surface area (TPSA) is 18.5 Å². The molecule has 2 saturated heterocycles. The van der Waals surface area contributed by atoms with Crippen LogP contribution in [0.1, 0.15) is 46.5 Å². The van der Waals surface area contributed by atoms with Crippen molar-refractivity contribution in [2.24, 2.45) is 5.92 Å². The van der Waals surface area contributed by atoms with Crippen LogP contribution in [0.2, 0.25) is 0 Å². The molecule has 0 aromatic carbocycles. The summed E-state index contributed by atoms with van der Waals surface area (Å²) in [6, 6.07) is 3.13. The van der Waals surface area contributed by atoms with Gasteiger partial charge in [0.05, 0.1) is 0 Å². The van der Waals surface area contributed by atoms with E-state index < -0.39 is 0 Å². The van der Waals surface area contributed by atoms with Crippen molar-refractivity contribution < 1.29 is 0 Å². The Bertz CT molecular complexity index is 300. The van der Waals surface area contributed by atoms with Crippen LogP contribution in [0.25, 0.3) is 0 Å². The molecule has 1 saturated carbocycles. The molecule has 3 rings (SSSR count). The average Bonchev–Trinajstić information content (AvgIpc) is 3.07. The number of hydrogen-bond donors (Lipinski definition) is 1. The van der Waals surface area contributed by atoms with Crippen molar-refractivity contribution >= 4 is 0 Å². The first-order valence-electron chi connectivity index (χ1n) is 8.38. The normalized spacial score (nSPS) is 34.7. The maximum absolute atomic E-state index is 3.76. The zero-order valence-corrected chi connectivity index (χ0v) is 12.9. The molecule has 2 aliphatic heterocycles. The molecule has 3 heteroatoms. The first kappa shape index (κ1) is 13.8. The smallest absolute Gasteiger partial charge is 0.0247 e. The number of hydrogen-bond acceptors (Lipinski definition) is 3. The minimum absolute atomic E-state index is 0.721. The lowest BCUT2D eigenvalue weighted by Gasteiger charge is -2.47. The van der Waals surface area contributed by atoms with Crippen molar-refractivity contribution in [2.45, 2.75) is 70.6 Å². The van der Waals surface area contributed by atoms with Gasteiger partial charge in [-0.15, -0.1) is 0 Å². The monoisotopic (exact) mass is 265 g/mol. The van der Waals surface area contributed by atoms with Gasteiger partial charge in [-0.3, -0.25) is 9.80 Å². The van der Waals surface area contributed by atoms with Crippen molar-refractivity contribution in [1.82, 2.24) is 15.1 Å². The number of fused-ring (bicyclic) bond motifs is 1. The largest absolute Gasteiger partial charge is 0.312 e. The molecule has 2 heterocycles. The summed E-state index contributed by atoms with van der Waals surface area (Å²) in [5.41, 5.74) is 0. The summed E-state index contributed by atoms with van der Waals surface area (Å²) in [6.45, 7) is 12.4. The van der Waals surface area contributed by atoms with E-state index >= 15 is 0 Å². The third-order valence-corrected chi connectivity index (χ3v) is 5.37. The molecule has 110 valence electrons. The van der Waals surface area contributed by atoms with Gasteiger partial charge in [0, 0.05) is 43.8 Å². The van der Waals surface area contributed by atoms with E-state index in [-0.39, 0.29) is 0 Å². The molecule has 3 nitrogen and oxygen atoms in total. The number of rotatable bonds is 5. The molecule has 3 fully saturated rings. The highest BCUT2D eigenvalue weighted by Gasteiger charge is 2.38. The number of nitrogens with zero attached hydrogens (tertiary/aromatic N) is 2. The van der Waals surface area contributed by atoms with Crippen molar-refractivity contribution in [2.75, 3.05) is 26.2 Å². The lowest BCUT2D eigenvalue weighted by atomic mass is 9.97. The van der Waals surface area contributed by atoms with Gasteiger partial charge in [-0.1, -0.05) is 13.8 Å². The first-order chi connectivity index (χ1) is 9.15. The quantitative estimate of drug-likeness (QED) is 0.819. The van der Waals surface area contributed by atoms with Gasteiger partial charge in [-0.05, 0) is 45.1 Å². The maximum Gasteiger partial charge on any atom is 0.0247 e. The molecule has 0 bridgehead atoms. The minimum atomic E-state index is 0.721. The molecule has 0 spiro atoms. The Kier molecular flexibility index (Phi) is 4.16. The molecule has 3 atom stereocenters. The Hall–Kier alpha value is -0.120. The second kappa shape index (κ2) is 5.71. The Balaban J connectivity index is 1.62. The molecule has 0 radical (unpaired) electrons. The molecular weight excluding hydrogens is 234 g/mol. The molecular formula is C16H31N3. The zero-order valence-electron chi connectivity index (χ0n) is 12.9. The van der Waals surface area contributed by atoms with Gasteiger partial charge >= 0.3 is 0 Å². The Morgan fingerprint density at radius 3 is 2.63 bits per heavy atom. The summed E-state index contributed by atoms with van der Waals surface area (Å²) in [6.07, 6.45) is 5.63. The molecule has 1 N–H and O–H groups in total. The van der Waals surface area contributed by atoms with E-state index in [1.807, 2.05) is 0 Å². The van der Waals surface area contributed by atoms with Crippen molar-refractivity contribution in [1.29, 1.82) is 0 Å². The Labute approximate surface area is 118 Å². The summed E-state index contributed by atoms with van der Waals surface area (Å²) < 4.78 is 0. The van der Waals surface area contributed by atoms with Gasteiger partial charge in [0.15, 0.2) is 0 Å². The van der Waals surface area contributed by atoms with Gasteiger partial charge in [0.25, 0.3) is 0 Å². The second-order valence-electron chi connectivity index (χ2n) is 7.33. The van der Waals surface area contributed by atoms with Crippen LogP contribution in [-0.2, 0) is 0 Å². The summed E-state index contributed by atoms with van der Waals surface area (Å²) in [7, 11) is 0. The Morgan fingerprint density at radius 1 is 1.16 bits per heavy atom.